The van der Waals surface area contributed by atoms with Gasteiger partial charge in [-0.2, -0.15) is 0 Å². The summed E-state index contributed by atoms with van der Waals surface area (Å²) < 4.78 is 5.49. The number of carbonyl (C=O) groups excluding carboxylic acids is 2. The molecule has 7 atom stereocenters. The number of fused-ring (bicyclic) bond motifs is 1. The summed E-state index contributed by atoms with van der Waals surface area (Å²) in [6.45, 7) is -0.697. The molecule has 13 nitrogen and oxygen atoms in total. The molecular formula is C20H24N2O11. The van der Waals surface area contributed by atoms with Crippen LogP contribution in [0.5, 0.6) is 0 Å². The molecule has 33 heavy (non-hydrogen) atoms. The van der Waals surface area contributed by atoms with Gasteiger partial charge in [0.1, 0.15) is 30.5 Å². The number of rotatable bonds is 8. The second kappa shape index (κ2) is 9.80. The smallest absolute Gasteiger partial charge is 0.326 e. The first-order valence-corrected chi connectivity index (χ1v) is 10.0. The van der Waals surface area contributed by atoms with E-state index in [1.54, 1.807) is 18.2 Å². The molecule has 1 fully saturated rings. The average molecular weight is 468 g/mol. The van der Waals surface area contributed by atoms with Crippen molar-refractivity contribution in [3.63, 3.8) is 0 Å². The van der Waals surface area contributed by atoms with Gasteiger partial charge in [0.15, 0.2) is 6.23 Å². The molecule has 2 amide bonds. The molecule has 2 aliphatic heterocycles. The van der Waals surface area contributed by atoms with Crippen LogP contribution in [-0.2, 0) is 23.9 Å². The van der Waals surface area contributed by atoms with Crippen molar-refractivity contribution in [1.29, 1.82) is 0 Å². The number of aliphatic hydroxyl groups excluding tert-OH is 4. The van der Waals surface area contributed by atoms with Gasteiger partial charge in [-0.05, 0) is 11.6 Å². The van der Waals surface area contributed by atoms with Crippen molar-refractivity contribution in [2.45, 2.75) is 55.4 Å². The first-order valence-electron chi connectivity index (χ1n) is 10.0. The number of hydrogen-bond donors (Lipinski definition) is 7. The average Bonchev–Trinajstić information content (AvgIpc) is 3.03. The molecular weight excluding hydrogens is 444 g/mol. The largest absolute Gasteiger partial charge is 0.481 e. The summed E-state index contributed by atoms with van der Waals surface area (Å²) in [5.74, 6) is -5.69. The quantitative estimate of drug-likeness (QED) is 0.209. The Hall–Kier alpha value is -3.10. The van der Waals surface area contributed by atoms with Crippen molar-refractivity contribution >= 4 is 29.4 Å². The van der Waals surface area contributed by atoms with Gasteiger partial charge in [0, 0.05) is 6.42 Å². The maximum Gasteiger partial charge on any atom is 0.326 e. The number of ether oxygens (including phenoxy) is 1. The van der Waals surface area contributed by atoms with Crippen LogP contribution in [0.2, 0.25) is 0 Å². The first-order chi connectivity index (χ1) is 15.6. The molecule has 0 aromatic heterocycles. The molecule has 0 saturated carbocycles. The molecule has 1 unspecified atom stereocenters. The molecule has 0 bridgehead atoms. The zero-order valence-corrected chi connectivity index (χ0v) is 17.1. The number of benzene rings is 1. The third-order valence-corrected chi connectivity index (χ3v) is 5.63. The van der Waals surface area contributed by atoms with Gasteiger partial charge in [-0.1, -0.05) is 18.2 Å². The summed E-state index contributed by atoms with van der Waals surface area (Å²) in [6.07, 6.45) is -9.21. The number of amides is 2. The lowest BCUT2D eigenvalue weighted by Gasteiger charge is -2.43. The second-order valence-corrected chi connectivity index (χ2v) is 7.80. The van der Waals surface area contributed by atoms with Crippen molar-refractivity contribution in [3.05, 3.63) is 29.8 Å². The maximum absolute atomic E-state index is 13.3. The SMILES string of the molecule is O=C(O)C[C@H](NC(=O)CC1C(=O)N([C@@H]2O[C@H](CO)[C@@H](O)[C@H](O)[C@H]2O)c2ccccc21)C(=O)O. The molecule has 1 aromatic carbocycles. The highest BCUT2D eigenvalue weighted by Crippen LogP contribution is 2.42. The fourth-order valence-electron chi connectivity index (χ4n) is 3.99. The number of carbonyl (C=O) groups is 4. The van der Waals surface area contributed by atoms with E-state index in [0.29, 0.717) is 5.56 Å². The lowest BCUT2D eigenvalue weighted by Crippen LogP contribution is -2.64. The van der Waals surface area contributed by atoms with Gasteiger partial charge in [-0.15, -0.1) is 0 Å². The highest BCUT2D eigenvalue weighted by atomic mass is 16.6. The molecule has 7 N–H and O–H groups in total. The normalized spacial score (nSPS) is 29.9. The molecule has 2 heterocycles. The van der Waals surface area contributed by atoms with E-state index in [0.717, 1.165) is 4.90 Å². The summed E-state index contributed by atoms with van der Waals surface area (Å²) in [6, 6.07) is 4.54. The van der Waals surface area contributed by atoms with Crippen LogP contribution in [0, 0.1) is 0 Å². The molecule has 0 aliphatic carbocycles. The number of aliphatic hydroxyl groups is 4. The highest BCUT2D eigenvalue weighted by molar-refractivity contribution is 6.07. The Balaban J connectivity index is 1.85. The van der Waals surface area contributed by atoms with Crippen LogP contribution in [-0.4, -0.2) is 97.7 Å². The summed E-state index contributed by atoms with van der Waals surface area (Å²) in [7, 11) is 0. The number of hydrogen-bond acceptors (Lipinski definition) is 9. The summed E-state index contributed by atoms with van der Waals surface area (Å²) in [5.41, 5.74) is 0.615. The number of para-hydroxylation sites is 1. The van der Waals surface area contributed by atoms with E-state index in [9.17, 15) is 39.6 Å². The van der Waals surface area contributed by atoms with Crippen LogP contribution in [0.15, 0.2) is 24.3 Å². The summed E-state index contributed by atoms with van der Waals surface area (Å²) >= 11 is 0. The van der Waals surface area contributed by atoms with Crippen molar-refractivity contribution < 1.29 is 54.6 Å². The molecule has 13 heteroatoms. The first kappa shape index (κ1) is 24.5. The van der Waals surface area contributed by atoms with Crippen molar-refractivity contribution in [2.24, 2.45) is 0 Å². The molecule has 1 saturated heterocycles. The van der Waals surface area contributed by atoms with Crippen molar-refractivity contribution in [2.75, 3.05) is 11.5 Å². The minimum Gasteiger partial charge on any atom is -0.481 e. The van der Waals surface area contributed by atoms with E-state index < -0.39 is 85.8 Å². The predicted octanol–water partition coefficient (Wildman–Crippen LogP) is -2.65. The fraction of sp³-hybridized carbons (Fsp3) is 0.500. The van der Waals surface area contributed by atoms with E-state index in [-0.39, 0.29) is 5.69 Å². The summed E-state index contributed by atoms with van der Waals surface area (Å²) in [5, 5.41) is 60.0. The maximum atomic E-state index is 13.3. The van der Waals surface area contributed by atoms with Crippen molar-refractivity contribution in [3.8, 4) is 0 Å². The lowest BCUT2D eigenvalue weighted by atomic mass is 9.96. The number of aliphatic carboxylic acids is 2. The second-order valence-electron chi connectivity index (χ2n) is 7.80. The van der Waals surface area contributed by atoms with Crippen LogP contribution < -0.4 is 10.2 Å². The van der Waals surface area contributed by atoms with Gasteiger partial charge in [0.05, 0.1) is 24.6 Å². The van der Waals surface area contributed by atoms with Gasteiger partial charge >= 0.3 is 11.9 Å². The van der Waals surface area contributed by atoms with Crippen LogP contribution in [0.1, 0.15) is 24.3 Å². The van der Waals surface area contributed by atoms with Gasteiger partial charge < -0.3 is 40.7 Å². The minimum atomic E-state index is -1.74. The zero-order valence-electron chi connectivity index (χ0n) is 17.1. The predicted molar refractivity (Wildman–Crippen MR) is 107 cm³/mol. The van der Waals surface area contributed by atoms with Gasteiger partial charge in [0.25, 0.3) is 0 Å². The molecule has 3 rings (SSSR count). The van der Waals surface area contributed by atoms with E-state index >= 15 is 0 Å². The minimum absolute atomic E-state index is 0.255. The lowest BCUT2D eigenvalue weighted by molar-refractivity contribution is -0.228. The third-order valence-electron chi connectivity index (χ3n) is 5.63. The highest BCUT2D eigenvalue weighted by Gasteiger charge is 2.51. The number of carboxylic acids is 2. The molecule has 2 aliphatic rings. The molecule has 0 spiro atoms. The monoisotopic (exact) mass is 468 g/mol. The fourth-order valence-corrected chi connectivity index (χ4v) is 3.99. The Labute approximate surface area is 186 Å². The Morgan fingerprint density at radius 2 is 1.73 bits per heavy atom. The Morgan fingerprint density at radius 3 is 2.33 bits per heavy atom. The number of carboxylic acid groups (broad SMARTS) is 2. The Morgan fingerprint density at radius 1 is 1.06 bits per heavy atom. The van der Waals surface area contributed by atoms with Gasteiger partial charge in [-0.3, -0.25) is 19.3 Å². The van der Waals surface area contributed by atoms with Crippen LogP contribution in [0.3, 0.4) is 0 Å². The molecule has 0 radical (unpaired) electrons. The van der Waals surface area contributed by atoms with E-state index in [2.05, 4.69) is 5.32 Å². The number of nitrogens with zero attached hydrogens (tertiary/aromatic N) is 1. The molecule has 180 valence electrons. The van der Waals surface area contributed by atoms with E-state index in [1.165, 1.54) is 6.07 Å². The van der Waals surface area contributed by atoms with Crippen LogP contribution in [0.4, 0.5) is 5.69 Å². The zero-order chi connectivity index (χ0) is 24.4. The van der Waals surface area contributed by atoms with Crippen LogP contribution in [0.25, 0.3) is 0 Å². The van der Waals surface area contributed by atoms with E-state index in [4.69, 9.17) is 14.9 Å². The Bertz CT molecular complexity index is 936. The number of anilines is 1. The summed E-state index contributed by atoms with van der Waals surface area (Å²) in [4.78, 5) is 48.8. The molecule has 1 aromatic rings. The van der Waals surface area contributed by atoms with Gasteiger partial charge in [0.2, 0.25) is 11.8 Å². The topological polar surface area (TPSA) is 214 Å². The van der Waals surface area contributed by atoms with Crippen LogP contribution >= 0.6 is 0 Å². The Kier molecular flexibility index (Phi) is 7.29. The van der Waals surface area contributed by atoms with E-state index in [1.807, 2.05) is 0 Å². The van der Waals surface area contributed by atoms with Crippen molar-refractivity contribution in [1.82, 2.24) is 5.32 Å². The third kappa shape index (κ3) is 4.82. The van der Waals surface area contributed by atoms with Gasteiger partial charge in [-0.25, -0.2) is 4.79 Å². The number of nitrogens with one attached hydrogen (secondary N) is 1. The standard InChI is InChI=1S/C20H24N2O11/c23-7-12-15(27)16(28)17(29)19(33-12)22-11-4-2-1-3-8(11)9(18(22)30)5-13(24)21-10(20(31)32)6-14(25)26/h1-4,9-10,12,15-17,19,23,27-29H,5-7H2,(H,21,24)(H,25,26)(H,31,32)/t9?,10-,12+,15+,16-,17+,19+/m0/s1.